The zero-order valence-corrected chi connectivity index (χ0v) is 18.8. The molecule has 2 aromatic rings. The number of rotatable bonds is 8. The van der Waals surface area contributed by atoms with Gasteiger partial charge in [-0.3, -0.25) is 0 Å². The summed E-state index contributed by atoms with van der Waals surface area (Å²) in [4.78, 5) is 0. The van der Waals surface area contributed by atoms with Crippen LogP contribution in [0, 0.1) is 0 Å². The molecule has 2 rings (SSSR count). The van der Waals surface area contributed by atoms with E-state index >= 15 is 0 Å². The number of nitrogens with one attached hydrogen (secondary N) is 1. The Morgan fingerprint density at radius 3 is 2.28 bits per heavy atom. The molecular formula is C18H12BrCl2F7N2O2. The van der Waals surface area contributed by atoms with E-state index in [1.807, 2.05) is 0 Å². The highest BCUT2D eigenvalue weighted by Gasteiger charge is 2.73. The molecule has 0 atom stereocenters. The van der Waals surface area contributed by atoms with E-state index in [1.165, 1.54) is 25.3 Å². The summed E-state index contributed by atoms with van der Waals surface area (Å²) in [6.07, 6.45) is -5.92. The van der Waals surface area contributed by atoms with Gasteiger partial charge in [-0.2, -0.15) is 35.8 Å². The lowest BCUT2D eigenvalue weighted by Crippen LogP contribution is -2.58. The van der Waals surface area contributed by atoms with Gasteiger partial charge in [0.05, 0.1) is 13.3 Å². The van der Waals surface area contributed by atoms with E-state index in [2.05, 4.69) is 21.0 Å². The van der Waals surface area contributed by atoms with Crippen LogP contribution in [0.3, 0.4) is 0 Å². The Bertz CT molecular complexity index is 1000. The first kappa shape index (κ1) is 26.3. The summed E-state index contributed by atoms with van der Waals surface area (Å²) >= 11 is 15.0. The van der Waals surface area contributed by atoms with Crippen LogP contribution >= 0.6 is 39.1 Å². The highest BCUT2D eigenvalue weighted by molar-refractivity contribution is 9.10. The summed E-state index contributed by atoms with van der Waals surface area (Å²) in [6.45, 7) is -0.148. The third-order valence-electron chi connectivity index (χ3n) is 3.81. The molecule has 0 heterocycles. The van der Waals surface area contributed by atoms with E-state index in [0.717, 1.165) is 0 Å². The lowest BCUT2D eigenvalue weighted by Gasteiger charge is -2.27. The van der Waals surface area contributed by atoms with Gasteiger partial charge in [0, 0.05) is 25.6 Å². The molecule has 2 aromatic carbocycles. The maximum absolute atomic E-state index is 13.4. The lowest BCUT2D eigenvalue weighted by atomic mass is 10.2. The monoisotopic (exact) mass is 570 g/mol. The molecule has 0 aliphatic carbocycles. The fraction of sp³-hybridized carbons (Fsp3) is 0.278. The molecule has 0 amide bonds. The number of hydrazone groups is 1. The summed E-state index contributed by atoms with van der Waals surface area (Å²) in [5, 5.41) is 3.48. The predicted octanol–water partition coefficient (Wildman–Crippen LogP) is 7.06. The van der Waals surface area contributed by atoms with Crippen LogP contribution in [0.2, 0.25) is 10.0 Å². The summed E-state index contributed by atoms with van der Waals surface area (Å²) in [5.74, 6) is -6.35. The van der Waals surface area contributed by atoms with Crippen molar-refractivity contribution in [3.63, 3.8) is 0 Å². The highest BCUT2D eigenvalue weighted by atomic mass is 79.9. The van der Waals surface area contributed by atoms with Crippen molar-refractivity contribution in [2.45, 2.75) is 24.8 Å². The van der Waals surface area contributed by atoms with Crippen molar-refractivity contribution in [2.24, 2.45) is 5.10 Å². The molecule has 0 aliphatic heterocycles. The highest BCUT2D eigenvalue weighted by Crippen LogP contribution is 2.45. The fourth-order valence-electron chi connectivity index (χ4n) is 2.21. The van der Waals surface area contributed by atoms with E-state index < -0.39 is 18.1 Å². The van der Waals surface area contributed by atoms with Gasteiger partial charge in [-0.1, -0.05) is 45.2 Å². The van der Waals surface area contributed by atoms with Crippen LogP contribution in [0.4, 0.5) is 30.7 Å². The summed E-state index contributed by atoms with van der Waals surface area (Å²) < 4.78 is 101. The van der Waals surface area contributed by atoms with Crippen molar-refractivity contribution in [3.05, 3.63) is 56.0 Å². The Balaban J connectivity index is 2.32. The van der Waals surface area contributed by atoms with Gasteiger partial charge in [-0.15, -0.1) is 0 Å². The molecule has 32 heavy (non-hydrogen) atoms. The van der Waals surface area contributed by atoms with Crippen molar-refractivity contribution in [1.29, 1.82) is 0 Å². The summed E-state index contributed by atoms with van der Waals surface area (Å²) in [7, 11) is 1.26. The molecule has 0 radical (unpaired) electrons. The smallest absolute Gasteiger partial charge is 0.462 e. The van der Waals surface area contributed by atoms with E-state index in [1.54, 1.807) is 12.1 Å². The van der Waals surface area contributed by atoms with Crippen molar-refractivity contribution < 1.29 is 40.2 Å². The summed E-state index contributed by atoms with van der Waals surface area (Å²) in [5.41, 5.74) is 0.948. The SMILES string of the molecule is COc1cc(Br)cc(/C=N\NC(F)(F)C(F)(F)C(F)(F)F)c1OCc1ccc(Cl)cc1Cl. The average Bonchev–Trinajstić information content (AvgIpc) is 2.66. The van der Waals surface area contributed by atoms with Crippen LogP contribution in [-0.4, -0.2) is 31.5 Å². The number of methoxy groups -OCH3 is 1. The molecular weight excluding hydrogens is 560 g/mol. The van der Waals surface area contributed by atoms with Crippen molar-refractivity contribution in [2.75, 3.05) is 7.11 Å². The van der Waals surface area contributed by atoms with Crippen molar-refractivity contribution in [1.82, 2.24) is 5.43 Å². The van der Waals surface area contributed by atoms with Gasteiger partial charge < -0.3 is 9.47 Å². The molecule has 0 spiro atoms. The second-order valence-electron chi connectivity index (χ2n) is 6.07. The second-order valence-corrected chi connectivity index (χ2v) is 7.83. The molecule has 0 saturated heterocycles. The Morgan fingerprint density at radius 2 is 1.72 bits per heavy atom. The largest absolute Gasteiger partial charge is 0.493 e. The Labute approximate surface area is 195 Å². The molecule has 0 aliphatic rings. The topological polar surface area (TPSA) is 42.8 Å². The maximum atomic E-state index is 13.4. The minimum absolute atomic E-state index is 0.0711. The van der Waals surface area contributed by atoms with Gasteiger partial charge in [0.2, 0.25) is 0 Å². The first-order chi connectivity index (χ1) is 14.7. The third-order valence-corrected chi connectivity index (χ3v) is 4.86. The molecule has 0 fully saturated rings. The molecule has 0 unspecified atom stereocenters. The molecule has 0 aromatic heterocycles. The number of alkyl halides is 7. The Hall–Kier alpha value is -1.92. The Kier molecular flexibility index (Phi) is 8.16. The maximum Gasteiger partial charge on any atom is 0.462 e. The normalized spacial score (nSPS) is 12.8. The number of hydrogen-bond acceptors (Lipinski definition) is 4. The standard InChI is InChI=1S/C18H12BrCl2F7N2O2/c1-31-14-5-11(19)4-10(7-29-30-18(27,28)16(22,23)17(24,25)26)15(14)32-8-9-2-3-12(20)6-13(9)21/h2-7,30H,8H2,1H3/b29-7-. The van der Waals surface area contributed by atoms with Gasteiger partial charge >= 0.3 is 18.1 Å². The predicted molar refractivity (Wildman–Crippen MR) is 108 cm³/mol. The summed E-state index contributed by atoms with van der Waals surface area (Å²) in [6, 6.07) is 1.57. The van der Waals surface area contributed by atoms with Gasteiger partial charge in [0.15, 0.2) is 11.5 Å². The second kappa shape index (κ2) is 9.92. The number of ether oxygens (including phenoxy) is 2. The first-order valence-corrected chi connectivity index (χ1v) is 9.81. The molecule has 4 nitrogen and oxygen atoms in total. The Morgan fingerprint density at radius 1 is 1.06 bits per heavy atom. The number of halogens is 10. The molecule has 14 heteroatoms. The van der Waals surface area contributed by atoms with Crippen LogP contribution in [0.15, 0.2) is 39.9 Å². The minimum Gasteiger partial charge on any atom is -0.493 e. The van der Waals surface area contributed by atoms with Gasteiger partial charge in [-0.05, 0) is 24.3 Å². The number of hydrogen-bond donors (Lipinski definition) is 1. The van der Waals surface area contributed by atoms with Gasteiger partial charge in [0.1, 0.15) is 6.61 Å². The molecule has 1 N–H and O–H groups in total. The zero-order valence-electron chi connectivity index (χ0n) is 15.7. The van der Waals surface area contributed by atoms with Crippen LogP contribution in [0.1, 0.15) is 11.1 Å². The van der Waals surface area contributed by atoms with Crippen molar-refractivity contribution in [3.8, 4) is 11.5 Å². The van der Waals surface area contributed by atoms with Crippen molar-refractivity contribution >= 4 is 45.3 Å². The van der Waals surface area contributed by atoms with Crippen LogP contribution in [0.25, 0.3) is 0 Å². The van der Waals surface area contributed by atoms with Gasteiger partial charge in [0.25, 0.3) is 0 Å². The molecule has 0 bridgehead atoms. The fourth-order valence-corrected chi connectivity index (χ4v) is 3.13. The first-order valence-electron chi connectivity index (χ1n) is 8.26. The van der Waals surface area contributed by atoms with Crippen LogP contribution < -0.4 is 14.9 Å². The molecule has 176 valence electrons. The lowest BCUT2D eigenvalue weighted by molar-refractivity contribution is -0.361. The number of benzene rings is 2. The van der Waals surface area contributed by atoms with E-state index in [9.17, 15) is 30.7 Å². The molecule has 0 saturated carbocycles. The van der Waals surface area contributed by atoms with E-state index in [0.29, 0.717) is 26.7 Å². The van der Waals surface area contributed by atoms with E-state index in [4.69, 9.17) is 32.7 Å². The van der Waals surface area contributed by atoms with Crippen LogP contribution in [-0.2, 0) is 6.61 Å². The third kappa shape index (κ3) is 5.90. The minimum atomic E-state index is -6.50. The number of nitrogens with zero attached hydrogens (tertiary/aromatic N) is 1. The van der Waals surface area contributed by atoms with Crippen LogP contribution in [0.5, 0.6) is 11.5 Å². The zero-order chi connectivity index (χ0) is 24.3. The van der Waals surface area contributed by atoms with E-state index in [-0.39, 0.29) is 28.7 Å². The average molecular weight is 572 g/mol. The van der Waals surface area contributed by atoms with Gasteiger partial charge in [-0.25, -0.2) is 5.43 Å². The quantitative estimate of drug-likeness (QED) is 0.160.